The minimum atomic E-state index is -0.879. The van der Waals surface area contributed by atoms with Crippen LogP contribution in [-0.4, -0.2) is 55.4 Å². The van der Waals surface area contributed by atoms with Crippen LogP contribution in [0.5, 0.6) is 0 Å². The van der Waals surface area contributed by atoms with Gasteiger partial charge in [-0.15, -0.1) is 5.10 Å². The molecule has 0 spiro atoms. The Morgan fingerprint density at radius 3 is 1.83 bits per heavy atom. The van der Waals surface area contributed by atoms with E-state index >= 15 is 0 Å². The number of likely N-dealkylation sites (tertiary alicyclic amines) is 1. The van der Waals surface area contributed by atoms with Crippen molar-refractivity contribution in [1.29, 1.82) is 0 Å². The topological polar surface area (TPSA) is 186 Å². The maximum absolute atomic E-state index is 12.8. The molecule has 0 bridgehead atoms. The van der Waals surface area contributed by atoms with Crippen LogP contribution in [0.1, 0.15) is 112 Å². The molecule has 2 heterocycles. The second kappa shape index (κ2) is 27.4. The SMILES string of the molecule is CC#CC#CC#CC#CC#CC#CC#CC#CC#CC.NN=NN[N+](=O)[O-].O=C(NC1CC1)c1cn(CCC2CCCCN2C(=O)CC2CCCC2)nn1.[HH].[HH].[HH].[HH].[HH].[HH].[HH].[HH].[HH].[HH].[HH].[HH]. The average Bonchev–Trinajstić information content (AvgIpc) is 3.60. The summed E-state index contributed by atoms with van der Waals surface area (Å²) >= 11 is 0. The molecule has 1 aromatic heterocycles. The lowest BCUT2D eigenvalue weighted by atomic mass is 9.96. The second-order valence-electron chi connectivity index (χ2n) is 11.6. The summed E-state index contributed by atoms with van der Waals surface area (Å²) in [5.74, 6) is 50.8. The molecule has 1 unspecified atom stereocenters. The van der Waals surface area contributed by atoms with E-state index in [2.05, 4.69) is 143 Å². The summed E-state index contributed by atoms with van der Waals surface area (Å²) in [4.78, 5) is 36.2. The van der Waals surface area contributed by atoms with Gasteiger partial charge in [-0.05, 0) is 166 Å². The molecule has 1 saturated heterocycles. The summed E-state index contributed by atoms with van der Waals surface area (Å²) in [6, 6.07) is 0.616. The quantitative estimate of drug-likeness (QED) is 0.0966. The molecule has 298 valence electrons. The highest BCUT2D eigenvalue weighted by Gasteiger charge is 2.29. The number of rotatable bonds is 9. The van der Waals surface area contributed by atoms with Crippen molar-refractivity contribution in [2.75, 3.05) is 6.54 Å². The van der Waals surface area contributed by atoms with Crippen LogP contribution in [0.15, 0.2) is 16.6 Å². The van der Waals surface area contributed by atoms with Crippen LogP contribution in [0.3, 0.4) is 0 Å². The first-order valence-corrected chi connectivity index (χ1v) is 17.2. The van der Waals surface area contributed by atoms with Gasteiger partial charge in [-0.2, -0.15) is 0 Å². The van der Waals surface area contributed by atoms with E-state index < -0.39 is 5.03 Å². The highest BCUT2D eigenvalue weighted by molar-refractivity contribution is 5.92. The van der Waals surface area contributed by atoms with Gasteiger partial charge in [-0.1, -0.05) is 29.9 Å². The van der Waals surface area contributed by atoms with Gasteiger partial charge in [0.15, 0.2) is 10.9 Å². The summed E-state index contributed by atoms with van der Waals surface area (Å²) in [5.41, 5.74) is 1.74. The predicted octanol–water partition coefficient (Wildman–Crippen LogP) is 5.54. The fourth-order valence-electron chi connectivity index (χ4n) is 5.11. The predicted molar refractivity (Wildman–Crippen MR) is 227 cm³/mol. The first kappa shape index (κ1) is 42.9. The number of hydrogen-bond donors (Lipinski definition) is 3. The molecule has 1 aliphatic heterocycles. The van der Waals surface area contributed by atoms with Gasteiger partial charge < -0.3 is 20.3 Å². The van der Waals surface area contributed by atoms with Gasteiger partial charge in [0.2, 0.25) is 5.91 Å². The van der Waals surface area contributed by atoms with E-state index in [4.69, 9.17) is 0 Å². The first-order valence-electron chi connectivity index (χ1n) is 17.2. The van der Waals surface area contributed by atoms with Crippen molar-refractivity contribution in [1.82, 2.24) is 30.7 Å². The van der Waals surface area contributed by atoms with Gasteiger partial charge in [0.25, 0.3) is 5.91 Å². The normalized spacial score (nSPS) is 14.4. The van der Waals surface area contributed by atoms with E-state index in [1.54, 1.807) is 24.7 Å². The molecule has 0 radical (unpaired) electrons. The van der Waals surface area contributed by atoms with E-state index in [1.165, 1.54) is 37.6 Å². The maximum Gasteiger partial charge on any atom is 0.273 e. The third-order valence-corrected chi connectivity index (χ3v) is 7.63. The zero-order chi connectivity index (χ0) is 39.1. The summed E-state index contributed by atoms with van der Waals surface area (Å²) < 4.78 is 1.75. The number of carbonyl (C=O) groups is 2. The number of nitrogens with two attached hydrogens (primary N) is 1. The number of nitrogens with one attached hydrogen (secondary N) is 2. The van der Waals surface area contributed by atoms with Crippen molar-refractivity contribution < 1.29 is 31.7 Å². The molecule has 2 amide bonds. The van der Waals surface area contributed by atoms with Crippen molar-refractivity contribution in [3.05, 3.63) is 22.0 Å². The molecule has 1 atom stereocenters. The van der Waals surface area contributed by atoms with Crippen LogP contribution in [-0.2, 0) is 11.3 Å². The van der Waals surface area contributed by atoms with Crippen LogP contribution in [0.2, 0.25) is 0 Å². The number of hydrazine groups is 1. The second-order valence-corrected chi connectivity index (χ2v) is 11.6. The fourth-order valence-corrected chi connectivity index (χ4v) is 5.11. The van der Waals surface area contributed by atoms with Gasteiger partial charge in [0.05, 0.1) is 16.5 Å². The van der Waals surface area contributed by atoms with E-state index in [1.807, 2.05) is 0 Å². The Morgan fingerprint density at radius 2 is 1.37 bits per heavy atom. The largest absolute Gasteiger partial charge is 0.348 e. The Bertz CT molecular complexity index is 2030. The molecule has 3 aliphatic rings. The molecule has 2 aliphatic carbocycles. The van der Waals surface area contributed by atoms with Crippen LogP contribution in [0.4, 0.5) is 0 Å². The molecular weight excluding hydrogens is 685 g/mol. The number of hydrogen-bond acceptors (Lipinski definition) is 8. The van der Waals surface area contributed by atoms with Crippen molar-refractivity contribution in [3.63, 3.8) is 0 Å². The maximum atomic E-state index is 12.8. The molecule has 14 heteroatoms. The number of aryl methyl sites for hydroxylation is 1. The lowest BCUT2D eigenvalue weighted by Gasteiger charge is -2.36. The lowest BCUT2D eigenvalue weighted by molar-refractivity contribution is -0.546. The zero-order valence-corrected chi connectivity index (χ0v) is 30.3. The van der Waals surface area contributed by atoms with Crippen LogP contribution < -0.4 is 16.7 Å². The smallest absolute Gasteiger partial charge is 0.273 e. The summed E-state index contributed by atoms with van der Waals surface area (Å²) in [6.45, 7) is 4.99. The minimum Gasteiger partial charge on any atom is -0.348 e. The standard InChI is InChI=1S/C20H31N5O2.C20H6.H3N5O2.12H2/c26-19(13-15-5-1-2-6-15)25-11-4-3-7-17(25)10-12-24-14-18(22-23-24)20(27)21-16-8-9-16;1-3-5-7-9-11-13-15-17-19-20-18-16-14-12-10-8-6-4-2;1-2-3-4-5(6)7;;;;;;;;;;;;/h14-17H,1-13H2,(H,21,27);1-2H3;(H2,1,3)(H,2,4);12*1H. The van der Waals surface area contributed by atoms with Gasteiger partial charge >= 0.3 is 0 Å². The van der Waals surface area contributed by atoms with Crippen molar-refractivity contribution >= 4 is 11.8 Å². The van der Waals surface area contributed by atoms with Gasteiger partial charge in [-0.25, -0.2) is 0 Å². The zero-order valence-electron chi connectivity index (χ0n) is 30.3. The van der Waals surface area contributed by atoms with E-state index in [0.717, 1.165) is 45.1 Å². The summed E-state index contributed by atoms with van der Waals surface area (Å²) in [5, 5.41) is 24.6. The number of amides is 2. The fraction of sp³-hybridized carbons (Fsp3) is 0.450. The molecule has 0 aromatic carbocycles. The molecule has 4 rings (SSSR count). The molecule has 14 nitrogen and oxygen atoms in total. The molecular formula is C40H64N10O4. The Morgan fingerprint density at radius 1 is 0.852 bits per heavy atom. The Labute approximate surface area is 334 Å². The molecule has 4 N–H and O–H groups in total. The number of nitrogens with zero attached hydrogens (tertiary/aromatic N) is 7. The Balaban J connectivity index is -0.0000000785. The molecule has 2 saturated carbocycles. The molecule has 1 aromatic rings. The Hall–Kier alpha value is -7.28. The Kier molecular flexibility index (Phi) is 21.8. The first-order chi connectivity index (χ1) is 26.4. The molecule has 3 fully saturated rings. The minimum absolute atomic E-state index is 0. The van der Waals surface area contributed by atoms with Crippen LogP contribution >= 0.6 is 0 Å². The summed E-state index contributed by atoms with van der Waals surface area (Å²) in [6.07, 6.45) is 13.8. The summed E-state index contributed by atoms with van der Waals surface area (Å²) in [7, 11) is 0. The van der Waals surface area contributed by atoms with Gasteiger partial charge in [-0.3, -0.25) is 20.1 Å². The van der Waals surface area contributed by atoms with E-state index in [0.29, 0.717) is 36.1 Å². The van der Waals surface area contributed by atoms with Crippen LogP contribution in [0, 0.1) is 123 Å². The van der Waals surface area contributed by atoms with E-state index in [9.17, 15) is 19.7 Å². The number of aromatic nitrogens is 3. The van der Waals surface area contributed by atoms with Crippen molar-refractivity contribution in [3.8, 4) is 107 Å². The highest BCUT2D eigenvalue weighted by atomic mass is 16.7. The third-order valence-electron chi connectivity index (χ3n) is 7.63. The van der Waals surface area contributed by atoms with Crippen molar-refractivity contribution in [2.24, 2.45) is 22.2 Å². The van der Waals surface area contributed by atoms with Crippen molar-refractivity contribution in [2.45, 2.75) is 103 Å². The number of nitro groups is 1. The van der Waals surface area contributed by atoms with Crippen LogP contribution in [0.25, 0.3) is 0 Å². The van der Waals surface area contributed by atoms with Gasteiger partial charge in [0.1, 0.15) is 0 Å². The highest BCUT2D eigenvalue weighted by Crippen LogP contribution is 2.30. The number of piperidine rings is 1. The third kappa shape index (κ3) is 20.4. The molecule has 54 heavy (non-hydrogen) atoms. The number of carbonyl (C=O) groups excluding carboxylic acids is 2. The van der Waals surface area contributed by atoms with Gasteiger partial charge in [0, 0.05) is 54.2 Å². The monoisotopic (exact) mass is 749 g/mol. The lowest BCUT2D eigenvalue weighted by Crippen LogP contribution is -2.44. The average molecular weight is 749 g/mol. The van der Waals surface area contributed by atoms with E-state index in [-0.39, 0.29) is 23.0 Å².